The molecule has 116 valence electrons. The molecule has 6 heteroatoms. The Morgan fingerprint density at radius 1 is 1.24 bits per heavy atom. The first-order valence-electron chi connectivity index (χ1n) is 6.83. The Hall–Kier alpha value is -2.08. The number of rotatable bonds is 7. The van der Waals surface area contributed by atoms with Crippen molar-refractivity contribution in [3.05, 3.63) is 35.4 Å². The zero-order chi connectivity index (χ0) is 15.7. The summed E-state index contributed by atoms with van der Waals surface area (Å²) in [5.41, 5.74) is 2.24. The van der Waals surface area contributed by atoms with E-state index in [0.717, 1.165) is 11.1 Å². The second kappa shape index (κ2) is 8.97. The van der Waals surface area contributed by atoms with Crippen molar-refractivity contribution in [1.82, 2.24) is 15.5 Å². The standard InChI is InChI=1S/C15H23N3O3/c1-12-6-4-5-7-13(12)11-18(2)14(19)10-17-15(20)16-8-9-21-3/h4-7H,8-11H2,1-3H3,(H2,16,17,20). The highest BCUT2D eigenvalue weighted by atomic mass is 16.5. The highest BCUT2D eigenvalue weighted by Gasteiger charge is 2.11. The van der Waals surface area contributed by atoms with Crippen LogP contribution in [0.4, 0.5) is 4.79 Å². The summed E-state index contributed by atoms with van der Waals surface area (Å²) in [6.45, 7) is 3.36. The number of amides is 3. The van der Waals surface area contributed by atoms with E-state index in [1.807, 2.05) is 31.2 Å². The fraction of sp³-hybridized carbons (Fsp3) is 0.467. The minimum absolute atomic E-state index is 0.0266. The van der Waals surface area contributed by atoms with Crippen LogP contribution in [-0.2, 0) is 16.1 Å². The Morgan fingerprint density at radius 3 is 2.62 bits per heavy atom. The van der Waals surface area contributed by atoms with Gasteiger partial charge in [0.1, 0.15) is 0 Å². The van der Waals surface area contributed by atoms with Crippen molar-refractivity contribution in [2.24, 2.45) is 0 Å². The van der Waals surface area contributed by atoms with Crippen LogP contribution in [0, 0.1) is 6.92 Å². The Balaban J connectivity index is 2.34. The molecule has 0 aliphatic heterocycles. The van der Waals surface area contributed by atoms with Gasteiger partial charge in [0.2, 0.25) is 5.91 Å². The monoisotopic (exact) mass is 293 g/mol. The summed E-state index contributed by atoms with van der Waals surface area (Å²) in [5.74, 6) is -0.139. The number of carbonyl (C=O) groups is 2. The molecule has 0 spiro atoms. The molecule has 0 heterocycles. The van der Waals surface area contributed by atoms with Gasteiger partial charge < -0.3 is 20.3 Å². The number of ether oxygens (including phenoxy) is 1. The summed E-state index contributed by atoms with van der Waals surface area (Å²) in [5, 5.41) is 5.12. The summed E-state index contributed by atoms with van der Waals surface area (Å²) < 4.78 is 4.82. The summed E-state index contributed by atoms with van der Waals surface area (Å²) >= 11 is 0. The molecule has 0 atom stereocenters. The third-order valence-corrected chi connectivity index (χ3v) is 3.09. The second-order valence-electron chi connectivity index (χ2n) is 4.78. The number of methoxy groups -OCH3 is 1. The number of hydrogen-bond acceptors (Lipinski definition) is 3. The van der Waals surface area contributed by atoms with E-state index in [4.69, 9.17) is 4.74 Å². The van der Waals surface area contributed by atoms with E-state index in [1.165, 1.54) is 0 Å². The third-order valence-electron chi connectivity index (χ3n) is 3.09. The van der Waals surface area contributed by atoms with Gasteiger partial charge in [0.05, 0.1) is 13.2 Å². The molecule has 1 rings (SSSR count). The van der Waals surface area contributed by atoms with Crippen LogP contribution in [0.2, 0.25) is 0 Å². The maximum atomic E-state index is 12.0. The number of likely N-dealkylation sites (N-methyl/N-ethyl adjacent to an activating group) is 1. The zero-order valence-corrected chi connectivity index (χ0v) is 12.8. The fourth-order valence-electron chi connectivity index (χ4n) is 1.75. The van der Waals surface area contributed by atoms with Gasteiger partial charge in [-0.25, -0.2) is 4.79 Å². The van der Waals surface area contributed by atoms with Crippen molar-refractivity contribution < 1.29 is 14.3 Å². The zero-order valence-electron chi connectivity index (χ0n) is 12.8. The normalized spacial score (nSPS) is 10.0. The van der Waals surface area contributed by atoms with Crippen LogP contribution in [0.25, 0.3) is 0 Å². The van der Waals surface area contributed by atoms with E-state index in [0.29, 0.717) is 19.7 Å². The molecule has 0 saturated carbocycles. The molecule has 0 aromatic heterocycles. The number of benzene rings is 1. The SMILES string of the molecule is COCCNC(=O)NCC(=O)N(C)Cc1ccccc1C. The predicted molar refractivity (Wildman–Crippen MR) is 80.9 cm³/mol. The molecule has 1 aromatic rings. The third kappa shape index (κ3) is 6.27. The fourth-order valence-corrected chi connectivity index (χ4v) is 1.75. The van der Waals surface area contributed by atoms with Crippen molar-refractivity contribution in [3.8, 4) is 0 Å². The van der Waals surface area contributed by atoms with Crippen LogP contribution in [0.1, 0.15) is 11.1 Å². The van der Waals surface area contributed by atoms with E-state index in [9.17, 15) is 9.59 Å². The van der Waals surface area contributed by atoms with E-state index < -0.39 is 0 Å². The van der Waals surface area contributed by atoms with E-state index in [-0.39, 0.29) is 18.5 Å². The van der Waals surface area contributed by atoms with Crippen LogP contribution in [0.15, 0.2) is 24.3 Å². The topological polar surface area (TPSA) is 70.7 Å². The molecule has 0 radical (unpaired) electrons. The average Bonchev–Trinajstić information content (AvgIpc) is 2.47. The van der Waals surface area contributed by atoms with Crippen molar-refractivity contribution in [1.29, 1.82) is 0 Å². The van der Waals surface area contributed by atoms with Crippen molar-refractivity contribution >= 4 is 11.9 Å². The van der Waals surface area contributed by atoms with E-state index >= 15 is 0 Å². The smallest absolute Gasteiger partial charge is 0.315 e. The molecular formula is C15H23N3O3. The summed E-state index contributed by atoms with van der Waals surface area (Å²) in [6, 6.07) is 7.54. The molecule has 0 bridgehead atoms. The highest BCUT2D eigenvalue weighted by Crippen LogP contribution is 2.09. The molecule has 1 aromatic carbocycles. The molecule has 0 unspecified atom stereocenters. The van der Waals surface area contributed by atoms with Crippen molar-refractivity contribution in [2.45, 2.75) is 13.5 Å². The summed E-state index contributed by atoms with van der Waals surface area (Å²) in [7, 11) is 3.28. The lowest BCUT2D eigenvalue weighted by molar-refractivity contribution is -0.129. The molecule has 0 aliphatic carbocycles. The maximum Gasteiger partial charge on any atom is 0.315 e. The Morgan fingerprint density at radius 2 is 1.95 bits per heavy atom. The van der Waals surface area contributed by atoms with Crippen LogP contribution in [0.5, 0.6) is 0 Å². The summed E-state index contributed by atoms with van der Waals surface area (Å²) in [6.07, 6.45) is 0. The molecule has 0 saturated heterocycles. The number of hydrogen-bond donors (Lipinski definition) is 2. The van der Waals surface area contributed by atoms with Gasteiger partial charge in [-0.1, -0.05) is 24.3 Å². The van der Waals surface area contributed by atoms with Gasteiger partial charge in [0.15, 0.2) is 0 Å². The Labute approximate surface area is 125 Å². The van der Waals surface area contributed by atoms with Gasteiger partial charge in [-0.15, -0.1) is 0 Å². The Kier molecular flexibility index (Phi) is 7.25. The average molecular weight is 293 g/mol. The molecule has 0 aliphatic rings. The highest BCUT2D eigenvalue weighted by molar-refractivity contribution is 5.83. The number of urea groups is 1. The van der Waals surface area contributed by atoms with Gasteiger partial charge in [0.25, 0.3) is 0 Å². The molecule has 6 nitrogen and oxygen atoms in total. The lowest BCUT2D eigenvalue weighted by Gasteiger charge is -2.19. The minimum atomic E-state index is -0.371. The quantitative estimate of drug-likeness (QED) is 0.734. The molecule has 2 N–H and O–H groups in total. The van der Waals surface area contributed by atoms with E-state index in [2.05, 4.69) is 10.6 Å². The molecule has 0 fully saturated rings. The number of nitrogens with zero attached hydrogens (tertiary/aromatic N) is 1. The van der Waals surface area contributed by atoms with Crippen LogP contribution in [-0.4, -0.2) is 50.7 Å². The van der Waals surface area contributed by atoms with Gasteiger partial charge in [0, 0.05) is 27.2 Å². The van der Waals surface area contributed by atoms with Gasteiger partial charge >= 0.3 is 6.03 Å². The first-order chi connectivity index (χ1) is 10.0. The second-order valence-corrected chi connectivity index (χ2v) is 4.78. The number of carbonyl (C=O) groups excluding carboxylic acids is 2. The lowest BCUT2D eigenvalue weighted by atomic mass is 10.1. The van der Waals surface area contributed by atoms with Crippen molar-refractivity contribution in [3.63, 3.8) is 0 Å². The van der Waals surface area contributed by atoms with Gasteiger partial charge in [-0.3, -0.25) is 4.79 Å². The lowest BCUT2D eigenvalue weighted by Crippen LogP contribution is -2.43. The van der Waals surface area contributed by atoms with Gasteiger partial charge in [-0.05, 0) is 18.1 Å². The van der Waals surface area contributed by atoms with Gasteiger partial charge in [-0.2, -0.15) is 0 Å². The number of nitrogens with one attached hydrogen (secondary N) is 2. The maximum absolute atomic E-state index is 12.0. The van der Waals surface area contributed by atoms with Crippen LogP contribution >= 0.6 is 0 Å². The van der Waals surface area contributed by atoms with Crippen LogP contribution < -0.4 is 10.6 Å². The predicted octanol–water partition coefficient (Wildman–Crippen LogP) is 0.899. The van der Waals surface area contributed by atoms with Crippen molar-refractivity contribution in [2.75, 3.05) is 33.9 Å². The first kappa shape index (κ1) is 17.0. The van der Waals surface area contributed by atoms with E-state index in [1.54, 1.807) is 19.1 Å². The molecule has 3 amide bonds. The number of aryl methyl sites for hydroxylation is 1. The van der Waals surface area contributed by atoms with Crippen LogP contribution in [0.3, 0.4) is 0 Å². The molecule has 21 heavy (non-hydrogen) atoms. The largest absolute Gasteiger partial charge is 0.383 e. The first-order valence-corrected chi connectivity index (χ1v) is 6.83. The molecular weight excluding hydrogens is 270 g/mol. The summed E-state index contributed by atoms with van der Waals surface area (Å²) in [4.78, 5) is 25.0. The Bertz CT molecular complexity index is 477. The minimum Gasteiger partial charge on any atom is -0.383 e.